The molecule has 0 rings (SSSR count). The van der Waals surface area contributed by atoms with E-state index >= 15 is 0 Å². The van der Waals surface area contributed by atoms with E-state index in [4.69, 9.17) is 19.6 Å². The highest BCUT2D eigenvalue weighted by Gasteiger charge is 2.37. The maximum absolute atomic E-state index is 12.3. The average molecular weight is 308 g/mol. The molecule has 10 heteroatoms. The highest BCUT2D eigenvalue weighted by molar-refractivity contribution is 7.62. The van der Waals surface area contributed by atoms with Gasteiger partial charge in [0.1, 0.15) is 0 Å². The lowest BCUT2D eigenvalue weighted by Crippen LogP contribution is -2.04. The highest BCUT2D eigenvalue weighted by Crippen LogP contribution is 2.62. The molecule has 0 saturated heterocycles. The Hall–Kier alpha value is -0.980. The number of hydrogen-bond donors (Lipinski definition) is 0. The fraction of sp³-hybridized carbons (Fsp3) is 0.556. The van der Waals surface area contributed by atoms with Gasteiger partial charge in [0.25, 0.3) is 0 Å². The van der Waals surface area contributed by atoms with Gasteiger partial charge in [0, 0.05) is 34.3 Å². The van der Waals surface area contributed by atoms with Crippen molar-refractivity contribution in [3.63, 3.8) is 0 Å². The van der Waals surface area contributed by atoms with Crippen LogP contribution in [0.3, 0.4) is 0 Å². The van der Waals surface area contributed by atoms with Crippen molar-refractivity contribution in [1.29, 1.82) is 10.5 Å². The van der Waals surface area contributed by atoms with E-state index < -0.39 is 21.1 Å². The summed E-state index contributed by atoms with van der Waals surface area (Å²) in [5, 5.41) is 17.4. The summed E-state index contributed by atoms with van der Waals surface area (Å²) in [6.45, 7) is 0. The minimum atomic E-state index is -3.92. The van der Waals surface area contributed by atoms with Gasteiger partial charge >= 0.3 is 15.2 Å². The highest BCUT2D eigenvalue weighted by atomic mass is 31.2. The summed E-state index contributed by atoms with van der Waals surface area (Å²) in [4.78, 5) is 0. The molecule has 0 saturated carbocycles. The van der Waals surface area contributed by atoms with Gasteiger partial charge in [-0.1, -0.05) is 0 Å². The van der Waals surface area contributed by atoms with E-state index in [1.165, 1.54) is 0 Å². The summed E-state index contributed by atoms with van der Waals surface area (Å²) >= 11 is 0. The molecule has 0 aromatic carbocycles. The van der Waals surface area contributed by atoms with E-state index in [0.717, 1.165) is 34.3 Å². The zero-order chi connectivity index (χ0) is 15.1. The summed E-state index contributed by atoms with van der Waals surface area (Å²) in [6, 6.07) is 3.21. The van der Waals surface area contributed by atoms with Crippen molar-refractivity contribution in [3.05, 3.63) is 11.1 Å². The standard InChI is InChI=1S/C9H14N2O6P2/c1-14-18(12,15-2)7-9(8(5-10)6-11)19(13,16-3)17-4/h7-8H,1-4H3/b9-7+. The molecule has 8 nitrogen and oxygen atoms in total. The van der Waals surface area contributed by atoms with Gasteiger partial charge in [-0.15, -0.1) is 0 Å². The van der Waals surface area contributed by atoms with Crippen LogP contribution in [0, 0.1) is 28.6 Å². The van der Waals surface area contributed by atoms with Gasteiger partial charge in [-0.25, -0.2) is 0 Å². The number of nitriles is 2. The quantitative estimate of drug-likeness (QED) is 0.658. The zero-order valence-electron chi connectivity index (χ0n) is 10.9. The van der Waals surface area contributed by atoms with Crippen molar-refractivity contribution in [2.75, 3.05) is 28.4 Å². The Morgan fingerprint density at radius 1 is 1.00 bits per heavy atom. The van der Waals surface area contributed by atoms with Gasteiger partial charge in [-0.05, 0) is 0 Å². The lowest BCUT2D eigenvalue weighted by atomic mass is 10.2. The van der Waals surface area contributed by atoms with Crippen molar-refractivity contribution in [2.24, 2.45) is 5.92 Å². The van der Waals surface area contributed by atoms with Crippen LogP contribution in [0.2, 0.25) is 0 Å². The van der Waals surface area contributed by atoms with E-state index in [1.807, 2.05) is 0 Å². The minimum Gasteiger partial charge on any atom is -0.309 e. The van der Waals surface area contributed by atoms with Gasteiger partial charge in [-0.2, -0.15) is 10.5 Å². The molecule has 0 aliphatic carbocycles. The second kappa shape index (κ2) is 7.57. The molecule has 0 aromatic heterocycles. The summed E-state index contributed by atoms with van der Waals surface area (Å²) in [6.07, 6.45) is 0. The van der Waals surface area contributed by atoms with E-state index in [-0.39, 0.29) is 5.31 Å². The van der Waals surface area contributed by atoms with Crippen molar-refractivity contribution < 1.29 is 27.2 Å². The first-order valence-corrected chi connectivity index (χ1v) is 7.97. The minimum absolute atomic E-state index is 0.380. The number of rotatable bonds is 7. The molecule has 0 unspecified atom stereocenters. The second-order valence-corrected chi connectivity index (χ2v) is 7.32. The molecular weight excluding hydrogens is 294 g/mol. The average Bonchev–Trinajstić information content (AvgIpc) is 2.46. The van der Waals surface area contributed by atoms with E-state index in [0.29, 0.717) is 0 Å². The van der Waals surface area contributed by atoms with Crippen LogP contribution < -0.4 is 0 Å². The van der Waals surface area contributed by atoms with Gasteiger partial charge in [0.05, 0.1) is 17.5 Å². The Morgan fingerprint density at radius 2 is 1.42 bits per heavy atom. The number of allylic oxidation sites excluding steroid dienone is 1. The predicted octanol–water partition coefficient (Wildman–Crippen LogP) is 2.46. The fourth-order valence-corrected chi connectivity index (χ4v) is 3.92. The normalized spacial score (nSPS) is 13.1. The molecular formula is C9H14N2O6P2. The number of hydrogen-bond acceptors (Lipinski definition) is 8. The van der Waals surface area contributed by atoms with Crippen LogP contribution in [0.4, 0.5) is 0 Å². The zero-order valence-corrected chi connectivity index (χ0v) is 12.7. The first-order valence-electron chi connectivity index (χ1n) is 4.81. The van der Waals surface area contributed by atoms with Gasteiger partial charge in [-0.3, -0.25) is 9.13 Å². The molecule has 0 aromatic rings. The lowest BCUT2D eigenvalue weighted by molar-refractivity contribution is 0.278. The third-order valence-corrected chi connectivity index (χ3v) is 5.95. The second-order valence-electron chi connectivity index (χ2n) is 3.01. The Morgan fingerprint density at radius 3 is 1.68 bits per heavy atom. The Kier molecular flexibility index (Phi) is 7.18. The third kappa shape index (κ3) is 4.26. The Labute approximate surface area is 111 Å². The molecule has 0 aliphatic heterocycles. The summed E-state index contributed by atoms with van der Waals surface area (Å²) in [5.74, 6) is -0.651. The van der Waals surface area contributed by atoms with Crippen LogP contribution in [0.5, 0.6) is 0 Å². The van der Waals surface area contributed by atoms with Crippen molar-refractivity contribution >= 4 is 15.2 Å². The van der Waals surface area contributed by atoms with Crippen molar-refractivity contribution in [3.8, 4) is 12.1 Å². The summed E-state index contributed by atoms with van der Waals surface area (Å²) < 4.78 is 43.0. The van der Waals surface area contributed by atoms with E-state index in [9.17, 15) is 9.13 Å². The van der Waals surface area contributed by atoms with Gasteiger partial charge in [0.15, 0.2) is 5.92 Å². The molecule has 0 atom stereocenters. The van der Waals surface area contributed by atoms with Crippen molar-refractivity contribution in [2.45, 2.75) is 0 Å². The van der Waals surface area contributed by atoms with Crippen LogP contribution in [0.15, 0.2) is 11.1 Å². The molecule has 0 spiro atoms. The SMILES string of the molecule is COP(=O)(/C=C(\C(C#N)C#N)P(=O)(OC)OC)OC. The molecule has 0 heterocycles. The largest absolute Gasteiger partial charge is 0.359 e. The third-order valence-electron chi connectivity index (χ3n) is 2.15. The molecule has 0 aliphatic rings. The lowest BCUT2D eigenvalue weighted by Gasteiger charge is -2.19. The summed E-state index contributed by atoms with van der Waals surface area (Å²) in [5.41, 5.74) is 0. The van der Waals surface area contributed by atoms with Crippen molar-refractivity contribution in [1.82, 2.24) is 0 Å². The molecule has 0 amide bonds. The first-order chi connectivity index (χ1) is 8.86. The molecule has 0 fully saturated rings. The molecule has 106 valence electrons. The first kappa shape index (κ1) is 18.0. The van der Waals surface area contributed by atoms with Crippen LogP contribution >= 0.6 is 15.2 Å². The topological polar surface area (TPSA) is 119 Å². The monoisotopic (exact) mass is 308 g/mol. The Bertz CT molecular complexity index is 488. The van der Waals surface area contributed by atoms with E-state index in [1.54, 1.807) is 12.1 Å². The van der Waals surface area contributed by atoms with Crippen LogP contribution in [-0.2, 0) is 27.2 Å². The molecule has 0 bridgehead atoms. The maximum atomic E-state index is 12.3. The molecule has 19 heavy (non-hydrogen) atoms. The maximum Gasteiger partial charge on any atom is 0.359 e. The fourth-order valence-electron chi connectivity index (χ4n) is 1.09. The molecule has 0 radical (unpaired) electrons. The van der Waals surface area contributed by atoms with Gasteiger partial charge in [0.2, 0.25) is 0 Å². The smallest absolute Gasteiger partial charge is 0.309 e. The van der Waals surface area contributed by atoms with E-state index in [2.05, 4.69) is 9.05 Å². The predicted molar refractivity (Wildman–Crippen MR) is 66.0 cm³/mol. The molecule has 0 N–H and O–H groups in total. The summed E-state index contributed by atoms with van der Waals surface area (Å²) in [7, 11) is -3.28. The van der Waals surface area contributed by atoms with Crippen LogP contribution in [0.25, 0.3) is 0 Å². The van der Waals surface area contributed by atoms with Crippen LogP contribution in [0.1, 0.15) is 0 Å². The Balaban J connectivity index is 6.04. The van der Waals surface area contributed by atoms with Crippen LogP contribution in [-0.4, -0.2) is 28.4 Å². The number of nitrogens with zero attached hydrogens (tertiary/aromatic N) is 2. The van der Waals surface area contributed by atoms with Gasteiger partial charge < -0.3 is 18.1 Å².